The van der Waals surface area contributed by atoms with Crippen LogP contribution in [0.15, 0.2) is 53.1 Å². The smallest absolute Gasteiger partial charge is 0.261 e. The van der Waals surface area contributed by atoms with Gasteiger partial charge in [-0.3, -0.25) is 10.1 Å². The highest BCUT2D eigenvalue weighted by Crippen LogP contribution is 2.32. The average Bonchev–Trinajstić information content (AvgIpc) is 3.55. The zero-order valence-electron chi connectivity index (χ0n) is 21.1. The molecule has 0 unspecified atom stereocenters. The van der Waals surface area contributed by atoms with Crippen LogP contribution in [0.3, 0.4) is 0 Å². The van der Waals surface area contributed by atoms with Gasteiger partial charge < -0.3 is 18.8 Å². The van der Waals surface area contributed by atoms with E-state index in [1.807, 2.05) is 0 Å². The number of aromatic nitrogens is 3. The van der Waals surface area contributed by atoms with Gasteiger partial charge in [-0.25, -0.2) is 4.98 Å². The Balaban J connectivity index is 1.33. The summed E-state index contributed by atoms with van der Waals surface area (Å²) in [6.07, 6.45) is 3.24. The quantitative estimate of drug-likeness (QED) is 0.286. The number of aryl methyl sites for hydroxylation is 1. The maximum absolute atomic E-state index is 13.4. The number of carbonyl (C=O) groups is 1. The van der Waals surface area contributed by atoms with Crippen LogP contribution in [0.1, 0.15) is 36.0 Å². The fourth-order valence-corrected chi connectivity index (χ4v) is 4.77. The molecule has 1 fully saturated rings. The first-order valence-electron chi connectivity index (χ1n) is 12.5. The van der Waals surface area contributed by atoms with Crippen molar-refractivity contribution in [3.05, 3.63) is 65.2 Å². The molecule has 0 atom stereocenters. The molecule has 198 valence electrons. The second-order valence-electron chi connectivity index (χ2n) is 9.02. The monoisotopic (exact) mass is 537 g/mol. The lowest BCUT2D eigenvalue weighted by molar-refractivity contribution is 0.102. The van der Waals surface area contributed by atoms with Crippen LogP contribution in [-0.2, 0) is 0 Å². The van der Waals surface area contributed by atoms with Crippen LogP contribution in [0.25, 0.3) is 11.5 Å². The highest BCUT2D eigenvalue weighted by atomic mass is 32.1. The largest absolute Gasteiger partial charge is 0.493 e. The van der Waals surface area contributed by atoms with E-state index in [4.69, 9.17) is 13.9 Å². The van der Waals surface area contributed by atoms with Crippen molar-refractivity contribution >= 4 is 22.4 Å². The molecule has 4 aromatic rings. The fraction of sp³-hybridized carbons (Fsp3) is 0.333. The molecule has 0 saturated carbocycles. The lowest BCUT2D eigenvalue weighted by Gasteiger charge is -2.30. The molecule has 3 heterocycles. The summed E-state index contributed by atoms with van der Waals surface area (Å²) in [7, 11) is 0. The summed E-state index contributed by atoms with van der Waals surface area (Å²) in [5.74, 6) is 2.31. The molecule has 1 aliphatic heterocycles. The number of nitrogens with one attached hydrogen (secondary N) is 1. The van der Waals surface area contributed by atoms with E-state index in [0.717, 1.165) is 55.6 Å². The molecule has 9 nitrogen and oxygen atoms in total. The fourth-order valence-electron chi connectivity index (χ4n) is 4.23. The number of rotatable bonds is 9. The van der Waals surface area contributed by atoms with Crippen LogP contribution in [-0.4, -0.2) is 52.2 Å². The minimum absolute atomic E-state index is 0.163. The lowest BCUT2D eigenvalue weighted by Crippen LogP contribution is -2.35. The van der Waals surface area contributed by atoms with E-state index in [2.05, 4.69) is 32.3 Å². The SMILES string of the molecule is CCN1CCC(COc2ccc(C(=O)Nc3ncc(F)s3)c(Oc3ccc(-c4nnc(C)o4)cc3)c2)CC1. The molecule has 1 saturated heterocycles. The second-order valence-corrected chi connectivity index (χ2v) is 10.0. The molecule has 2 aromatic heterocycles. The van der Waals surface area contributed by atoms with Crippen molar-refractivity contribution in [2.24, 2.45) is 5.92 Å². The predicted octanol–water partition coefficient (Wildman–Crippen LogP) is 5.80. The first-order valence-corrected chi connectivity index (χ1v) is 13.3. The molecule has 0 aliphatic carbocycles. The second kappa shape index (κ2) is 11.7. The number of carbonyl (C=O) groups excluding carboxylic acids is 1. The van der Waals surface area contributed by atoms with Crippen LogP contribution in [0.4, 0.5) is 9.52 Å². The third-order valence-electron chi connectivity index (χ3n) is 6.39. The zero-order valence-corrected chi connectivity index (χ0v) is 22.0. The summed E-state index contributed by atoms with van der Waals surface area (Å²) in [4.78, 5) is 19.3. The summed E-state index contributed by atoms with van der Waals surface area (Å²) in [5, 5.41) is 10.2. The highest BCUT2D eigenvalue weighted by molar-refractivity contribution is 7.14. The minimum Gasteiger partial charge on any atom is -0.493 e. The van der Waals surface area contributed by atoms with Gasteiger partial charge >= 0.3 is 0 Å². The van der Waals surface area contributed by atoms with Crippen LogP contribution >= 0.6 is 11.3 Å². The maximum atomic E-state index is 13.4. The first kappa shape index (κ1) is 25.8. The number of hydrogen-bond donors (Lipinski definition) is 1. The van der Waals surface area contributed by atoms with E-state index >= 15 is 0 Å². The summed E-state index contributed by atoms with van der Waals surface area (Å²) < 4.78 is 31.1. The van der Waals surface area contributed by atoms with Gasteiger partial charge in [-0.1, -0.05) is 18.3 Å². The topological polar surface area (TPSA) is 103 Å². The molecular formula is C27H28FN5O4S. The Bertz CT molecular complexity index is 1380. The third-order valence-corrected chi connectivity index (χ3v) is 7.09. The van der Waals surface area contributed by atoms with E-state index in [1.54, 1.807) is 49.4 Å². The summed E-state index contributed by atoms with van der Waals surface area (Å²) in [6.45, 7) is 7.73. The molecule has 0 spiro atoms. The Kier molecular flexibility index (Phi) is 7.94. The van der Waals surface area contributed by atoms with Crippen LogP contribution in [0.5, 0.6) is 17.2 Å². The number of nitrogens with zero attached hydrogens (tertiary/aromatic N) is 4. The Hall–Kier alpha value is -3.83. The van der Waals surface area contributed by atoms with Crippen molar-refractivity contribution in [1.29, 1.82) is 0 Å². The predicted molar refractivity (Wildman–Crippen MR) is 141 cm³/mol. The Morgan fingerprint density at radius 2 is 1.92 bits per heavy atom. The van der Waals surface area contributed by atoms with E-state index in [9.17, 15) is 9.18 Å². The molecule has 0 radical (unpaired) electrons. The van der Waals surface area contributed by atoms with Gasteiger partial charge in [0.2, 0.25) is 11.8 Å². The number of halogens is 1. The lowest BCUT2D eigenvalue weighted by atomic mass is 9.98. The van der Waals surface area contributed by atoms with E-state index in [0.29, 0.717) is 41.6 Å². The van der Waals surface area contributed by atoms with E-state index < -0.39 is 11.0 Å². The minimum atomic E-state index is -0.484. The standard InChI is InChI=1S/C27H28FN5O4S/c1-3-33-12-10-18(11-13-33)16-35-21-8-9-22(25(34)30-27-29-15-24(28)38-27)23(14-21)37-20-6-4-19(5-7-20)26-32-31-17(2)36-26/h4-9,14-15,18H,3,10-13,16H2,1-2H3,(H,29,30,34). The summed E-state index contributed by atoms with van der Waals surface area (Å²) >= 11 is 0.752. The van der Waals surface area contributed by atoms with Gasteiger partial charge in [0, 0.05) is 18.6 Å². The molecule has 5 rings (SSSR count). The van der Waals surface area contributed by atoms with Gasteiger partial charge in [0.1, 0.15) is 17.2 Å². The number of hydrogen-bond acceptors (Lipinski definition) is 9. The first-order chi connectivity index (χ1) is 18.5. The molecule has 1 aliphatic rings. The highest BCUT2D eigenvalue weighted by Gasteiger charge is 2.20. The van der Waals surface area contributed by atoms with Crippen molar-refractivity contribution in [3.63, 3.8) is 0 Å². The molecule has 1 N–H and O–H groups in total. The number of ether oxygens (including phenoxy) is 2. The summed E-state index contributed by atoms with van der Waals surface area (Å²) in [6, 6.07) is 12.2. The van der Waals surface area contributed by atoms with Crippen molar-refractivity contribution in [3.8, 4) is 28.7 Å². The van der Waals surface area contributed by atoms with E-state index in [-0.39, 0.29) is 10.7 Å². The zero-order chi connectivity index (χ0) is 26.5. The Morgan fingerprint density at radius 3 is 2.58 bits per heavy atom. The number of benzene rings is 2. The molecular weight excluding hydrogens is 509 g/mol. The van der Waals surface area contributed by atoms with Crippen molar-refractivity contribution < 1.29 is 23.1 Å². The van der Waals surface area contributed by atoms with Crippen LogP contribution in [0.2, 0.25) is 0 Å². The summed E-state index contributed by atoms with van der Waals surface area (Å²) in [5.41, 5.74) is 1.01. The molecule has 2 aromatic carbocycles. The van der Waals surface area contributed by atoms with Gasteiger partial charge in [0.25, 0.3) is 5.91 Å². The van der Waals surface area contributed by atoms with Crippen molar-refractivity contribution in [1.82, 2.24) is 20.1 Å². The van der Waals surface area contributed by atoms with Crippen LogP contribution < -0.4 is 14.8 Å². The van der Waals surface area contributed by atoms with Gasteiger partial charge in [-0.15, -0.1) is 10.2 Å². The molecule has 11 heteroatoms. The van der Waals surface area contributed by atoms with Gasteiger partial charge in [0.15, 0.2) is 10.3 Å². The number of anilines is 1. The molecule has 1 amide bonds. The maximum Gasteiger partial charge on any atom is 0.261 e. The average molecular weight is 538 g/mol. The van der Waals surface area contributed by atoms with Gasteiger partial charge in [0.05, 0.1) is 18.4 Å². The number of likely N-dealkylation sites (tertiary alicyclic amines) is 1. The van der Waals surface area contributed by atoms with Gasteiger partial charge in [-0.2, -0.15) is 4.39 Å². The van der Waals surface area contributed by atoms with Crippen LogP contribution in [0, 0.1) is 18.0 Å². The molecule has 0 bridgehead atoms. The van der Waals surface area contributed by atoms with Gasteiger partial charge in [-0.05, 0) is 74.8 Å². The number of thiazole rings is 1. The third kappa shape index (κ3) is 6.35. The van der Waals surface area contributed by atoms with E-state index in [1.165, 1.54) is 0 Å². The Labute approximate surface area is 223 Å². The number of piperidine rings is 1. The normalized spacial score (nSPS) is 14.4. The molecule has 38 heavy (non-hydrogen) atoms. The number of amides is 1. The Morgan fingerprint density at radius 1 is 1.16 bits per heavy atom. The van der Waals surface area contributed by atoms with Crippen molar-refractivity contribution in [2.75, 3.05) is 31.6 Å². The van der Waals surface area contributed by atoms with Crippen molar-refractivity contribution in [2.45, 2.75) is 26.7 Å².